The Hall–Kier alpha value is -0.160. The third-order valence-corrected chi connectivity index (χ3v) is 4.64. The second-order valence-electron chi connectivity index (χ2n) is 6.84. The maximum absolute atomic E-state index is 5.47. The minimum absolute atomic E-state index is 0.527. The molecule has 0 aromatic heterocycles. The molecule has 2 atom stereocenters. The SMILES string of the molecule is COCC(CNCC(C)C)N1CCCN2CCCC2C1. The Labute approximate surface area is 124 Å². The lowest BCUT2D eigenvalue weighted by Gasteiger charge is -2.33. The molecule has 0 amide bonds. The summed E-state index contributed by atoms with van der Waals surface area (Å²) in [6.07, 6.45) is 4.08. The molecule has 0 bridgehead atoms. The van der Waals surface area contributed by atoms with E-state index in [1.165, 1.54) is 45.4 Å². The molecule has 20 heavy (non-hydrogen) atoms. The maximum Gasteiger partial charge on any atom is 0.0630 e. The van der Waals surface area contributed by atoms with Crippen molar-refractivity contribution >= 4 is 0 Å². The van der Waals surface area contributed by atoms with Gasteiger partial charge in [-0.2, -0.15) is 0 Å². The second-order valence-corrected chi connectivity index (χ2v) is 6.84. The Morgan fingerprint density at radius 3 is 2.70 bits per heavy atom. The molecule has 0 spiro atoms. The molecule has 1 N–H and O–H groups in total. The molecule has 2 aliphatic rings. The minimum Gasteiger partial charge on any atom is -0.383 e. The Balaban J connectivity index is 1.86. The van der Waals surface area contributed by atoms with Crippen LogP contribution in [0.2, 0.25) is 0 Å². The highest BCUT2D eigenvalue weighted by atomic mass is 16.5. The molecule has 0 aliphatic carbocycles. The monoisotopic (exact) mass is 283 g/mol. The third-order valence-electron chi connectivity index (χ3n) is 4.64. The molecular weight excluding hydrogens is 250 g/mol. The average molecular weight is 283 g/mol. The van der Waals surface area contributed by atoms with Crippen molar-refractivity contribution in [3.63, 3.8) is 0 Å². The molecular formula is C16H33N3O. The van der Waals surface area contributed by atoms with Gasteiger partial charge in [0, 0.05) is 32.3 Å². The van der Waals surface area contributed by atoms with Crippen molar-refractivity contribution in [3.8, 4) is 0 Å². The van der Waals surface area contributed by atoms with Crippen LogP contribution in [0.25, 0.3) is 0 Å². The van der Waals surface area contributed by atoms with Gasteiger partial charge in [-0.1, -0.05) is 13.8 Å². The Bertz CT molecular complexity index is 272. The van der Waals surface area contributed by atoms with Crippen LogP contribution >= 0.6 is 0 Å². The summed E-state index contributed by atoms with van der Waals surface area (Å²) in [7, 11) is 1.83. The van der Waals surface area contributed by atoms with Gasteiger partial charge in [-0.15, -0.1) is 0 Å². The van der Waals surface area contributed by atoms with Crippen LogP contribution in [-0.4, -0.2) is 74.9 Å². The number of hydrogen-bond acceptors (Lipinski definition) is 4. The van der Waals surface area contributed by atoms with Crippen LogP contribution in [0.1, 0.15) is 33.1 Å². The summed E-state index contributed by atoms with van der Waals surface area (Å²) in [5, 5.41) is 3.61. The summed E-state index contributed by atoms with van der Waals surface area (Å²) in [4.78, 5) is 5.37. The zero-order valence-corrected chi connectivity index (χ0v) is 13.6. The lowest BCUT2D eigenvalue weighted by molar-refractivity contribution is 0.0834. The van der Waals surface area contributed by atoms with E-state index in [0.717, 1.165) is 25.7 Å². The molecule has 2 unspecified atom stereocenters. The number of nitrogens with zero attached hydrogens (tertiary/aromatic N) is 2. The number of ether oxygens (including phenoxy) is 1. The molecule has 2 heterocycles. The molecule has 4 heteroatoms. The van der Waals surface area contributed by atoms with Gasteiger partial charge in [0.05, 0.1) is 6.61 Å². The van der Waals surface area contributed by atoms with Gasteiger partial charge in [0.2, 0.25) is 0 Å². The van der Waals surface area contributed by atoms with Crippen LogP contribution < -0.4 is 5.32 Å². The van der Waals surface area contributed by atoms with Gasteiger partial charge in [0.25, 0.3) is 0 Å². The van der Waals surface area contributed by atoms with Gasteiger partial charge in [0.1, 0.15) is 0 Å². The Morgan fingerprint density at radius 1 is 1.15 bits per heavy atom. The van der Waals surface area contributed by atoms with E-state index in [-0.39, 0.29) is 0 Å². The largest absolute Gasteiger partial charge is 0.383 e. The van der Waals surface area contributed by atoms with E-state index in [2.05, 4.69) is 29.0 Å². The highest BCUT2D eigenvalue weighted by molar-refractivity contribution is 4.88. The number of nitrogens with one attached hydrogen (secondary N) is 1. The van der Waals surface area contributed by atoms with Crippen LogP contribution in [0, 0.1) is 5.92 Å². The van der Waals surface area contributed by atoms with Gasteiger partial charge in [0.15, 0.2) is 0 Å². The van der Waals surface area contributed by atoms with Crippen LogP contribution in [0.4, 0.5) is 0 Å². The molecule has 0 saturated carbocycles. The van der Waals surface area contributed by atoms with E-state index in [0.29, 0.717) is 12.0 Å². The molecule has 2 fully saturated rings. The zero-order valence-electron chi connectivity index (χ0n) is 13.6. The van der Waals surface area contributed by atoms with E-state index in [1.807, 2.05) is 7.11 Å². The van der Waals surface area contributed by atoms with Crippen molar-refractivity contribution in [2.45, 2.75) is 45.2 Å². The van der Waals surface area contributed by atoms with Gasteiger partial charge < -0.3 is 10.1 Å². The Kier molecular flexibility index (Phi) is 6.75. The molecule has 0 radical (unpaired) electrons. The highest BCUT2D eigenvalue weighted by Gasteiger charge is 2.31. The third kappa shape index (κ3) is 4.69. The van der Waals surface area contributed by atoms with Crippen LogP contribution in [-0.2, 0) is 4.74 Å². The van der Waals surface area contributed by atoms with Crippen molar-refractivity contribution in [2.75, 3.05) is 53.0 Å². The van der Waals surface area contributed by atoms with E-state index in [9.17, 15) is 0 Å². The summed E-state index contributed by atoms with van der Waals surface area (Å²) in [5.74, 6) is 0.715. The fourth-order valence-corrected chi connectivity index (χ4v) is 3.59. The number of fused-ring (bicyclic) bond motifs is 1. The Morgan fingerprint density at radius 2 is 1.95 bits per heavy atom. The van der Waals surface area contributed by atoms with Gasteiger partial charge in [-0.25, -0.2) is 0 Å². The van der Waals surface area contributed by atoms with Gasteiger partial charge in [-0.05, 0) is 51.4 Å². The summed E-state index contributed by atoms with van der Waals surface area (Å²) >= 11 is 0. The molecule has 118 valence electrons. The number of methoxy groups -OCH3 is 1. The van der Waals surface area contributed by atoms with Crippen molar-refractivity contribution in [2.24, 2.45) is 5.92 Å². The molecule has 2 saturated heterocycles. The minimum atomic E-state index is 0.527. The smallest absolute Gasteiger partial charge is 0.0630 e. The van der Waals surface area contributed by atoms with Crippen LogP contribution in [0.3, 0.4) is 0 Å². The first kappa shape index (κ1) is 16.2. The van der Waals surface area contributed by atoms with E-state index >= 15 is 0 Å². The quantitative estimate of drug-likeness (QED) is 0.765. The van der Waals surface area contributed by atoms with Gasteiger partial charge >= 0.3 is 0 Å². The van der Waals surface area contributed by atoms with E-state index < -0.39 is 0 Å². The summed E-state index contributed by atoms with van der Waals surface area (Å²) in [5.41, 5.74) is 0. The maximum atomic E-state index is 5.47. The van der Waals surface area contributed by atoms with Crippen LogP contribution in [0.5, 0.6) is 0 Å². The lowest BCUT2D eigenvalue weighted by Crippen LogP contribution is -2.48. The summed E-state index contributed by atoms with van der Waals surface area (Å²) < 4.78 is 5.47. The van der Waals surface area contributed by atoms with Gasteiger partial charge in [-0.3, -0.25) is 9.80 Å². The molecule has 2 aliphatic heterocycles. The topological polar surface area (TPSA) is 27.7 Å². The van der Waals surface area contributed by atoms with Crippen molar-refractivity contribution in [3.05, 3.63) is 0 Å². The first-order chi connectivity index (χ1) is 9.70. The predicted octanol–water partition coefficient (Wildman–Crippen LogP) is 1.42. The summed E-state index contributed by atoms with van der Waals surface area (Å²) in [6, 6.07) is 1.32. The van der Waals surface area contributed by atoms with Crippen LogP contribution in [0.15, 0.2) is 0 Å². The van der Waals surface area contributed by atoms with E-state index in [1.54, 1.807) is 0 Å². The number of hydrogen-bond donors (Lipinski definition) is 1. The average Bonchev–Trinajstić information content (AvgIpc) is 2.75. The molecule has 0 aromatic carbocycles. The fraction of sp³-hybridized carbons (Fsp3) is 1.00. The highest BCUT2D eigenvalue weighted by Crippen LogP contribution is 2.22. The fourth-order valence-electron chi connectivity index (χ4n) is 3.59. The lowest BCUT2D eigenvalue weighted by atomic mass is 10.1. The summed E-state index contributed by atoms with van der Waals surface area (Å²) in [6.45, 7) is 12.6. The molecule has 2 rings (SSSR count). The first-order valence-corrected chi connectivity index (χ1v) is 8.38. The standard InChI is InChI=1S/C16H33N3O/c1-14(2)10-17-11-16(13-20-3)19-9-5-8-18-7-4-6-15(18)12-19/h14-17H,4-13H2,1-3H3. The molecule has 4 nitrogen and oxygen atoms in total. The first-order valence-electron chi connectivity index (χ1n) is 8.38. The van der Waals surface area contributed by atoms with Crippen molar-refractivity contribution in [1.29, 1.82) is 0 Å². The predicted molar refractivity (Wildman–Crippen MR) is 84.2 cm³/mol. The zero-order chi connectivity index (χ0) is 14.4. The van der Waals surface area contributed by atoms with Crippen molar-refractivity contribution in [1.82, 2.24) is 15.1 Å². The molecule has 0 aromatic rings. The normalized spacial score (nSPS) is 26.7. The van der Waals surface area contributed by atoms with Crippen molar-refractivity contribution < 1.29 is 4.74 Å². The number of rotatable bonds is 7. The van der Waals surface area contributed by atoms with E-state index in [4.69, 9.17) is 4.74 Å². The second kappa shape index (κ2) is 8.32.